The van der Waals surface area contributed by atoms with Crippen molar-refractivity contribution < 1.29 is 5.11 Å². The molecule has 16 heavy (non-hydrogen) atoms. The third kappa shape index (κ3) is 2.33. The number of rotatable bonds is 3. The van der Waals surface area contributed by atoms with E-state index < -0.39 is 0 Å². The highest BCUT2D eigenvalue weighted by Crippen LogP contribution is 2.31. The fraction of sp³-hybridized carbons (Fsp3) is 0.538. The first-order valence-electron chi connectivity index (χ1n) is 5.84. The number of anilines is 1. The Hall–Kier alpha value is -0.730. The highest BCUT2D eigenvalue weighted by Gasteiger charge is 2.21. The number of hydrogen-bond donors (Lipinski definition) is 1. The van der Waals surface area contributed by atoms with E-state index in [4.69, 9.17) is 11.6 Å². The molecule has 1 aromatic carbocycles. The van der Waals surface area contributed by atoms with Crippen molar-refractivity contribution in [3.8, 4) is 0 Å². The van der Waals surface area contributed by atoms with Crippen LogP contribution >= 0.6 is 11.6 Å². The summed E-state index contributed by atoms with van der Waals surface area (Å²) in [5.41, 5.74) is 2.03. The lowest BCUT2D eigenvalue weighted by atomic mass is 10.1. The Labute approximate surface area is 102 Å². The molecule has 0 aliphatic heterocycles. The molecule has 2 rings (SSSR count). The molecule has 0 saturated heterocycles. The van der Waals surface area contributed by atoms with E-state index in [1.54, 1.807) is 0 Å². The molecule has 0 atom stereocenters. The minimum atomic E-state index is 0.0730. The van der Waals surface area contributed by atoms with Gasteiger partial charge in [-0.15, -0.1) is 0 Å². The van der Waals surface area contributed by atoms with Crippen molar-refractivity contribution in [3.05, 3.63) is 28.8 Å². The van der Waals surface area contributed by atoms with Crippen molar-refractivity contribution in [2.45, 2.75) is 38.3 Å². The number of benzene rings is 1. The molecular formula is C13H18ClNO. The predicted molar refractivity (Wildman–Crippen MR) is 68.0 cm³/mol. The molecule has 1 N–H and O–H groups in total. The molecule has 0 bridgehead atoms. The van der Waals surface area contributed by atoms with E-state index in [9.17, 15) is 5.11 Å². The zero-order chi connectivity index (χ0) is 11.5. The van der Waals surface area contributed by atoms with Gasteiger partial charge >= 0.3 is 0 Å². The fourth-order valence-corrected chi connectivity index (χ4v) is 2.65. The Morgan fingerprint density at radius 2 is 2.06 bits per heavy atom. The lowest BCUT2D eigenvalue weighted by Gasteiger charge is -2.28. The summed E-state index contributed by atoms with van der Waals surface area (Å²) in [5.74, 6) is 0. The normalized spacial score (nSPS) is 16.7. The van der Waals surface area contributed by atoms with Gasteiger partial charge in [-0.2, -0.15) is 0 Å². The summed E-state index contributed by atoms with van der Waals surface area (Å²) in [6, 6.07) is 6.29. The summed E-state index contributed by atoms with van der Waals surface area (Å²) in [6.07, 6.45) is 5.11. The highest BCUT2D eigenvalue weighted by atomic mass is 35.5. The molecular weight excluding hydrogens is 222 g/mol. The molecule has 0 unspecified atom stereocenters. The topological polar surface area (TPSA) is 23.5 Å². The summed E-state index contributed by atoms with van der Waals surface area (Å²) in [5, 5.41) is 10.1. The van der Waals surface area contributed by atoms with Crippen molar-refractivity contribution in [1.82, 2.24) is 0 Å². The summed E-state index contributed by atoms with van der Waals surface area (Å²) in [4.78, 5) is 2.27. The molecule has 0 aromatic heterocycles. The lowest BCUT2D eigenvalue weighted by molar-refractivity contribution is 0.282. The third-order valence-electron chi connectivity index (χ3n) is 3.47. The second-order valence-corrected chi connectivity index (χ2v) is 4.92. The van der Waals surface area contributed by atoms with Crippen LogP contribution in [0.25, 0.3) is 0 Å². The molecule has 88 valence electrons. The van der Waals surface area contributed by atoms with Crippen LogP contribution in [0.1, 0.15) is 31.2 Å². The maximum absolute atomic E-state index is 9.33. The summed E-state index contributed by atoms with van der Waals surface area (Å²) in [6.45, 7) is 0.0730. The van der Waals surface area contributed by atoms with E-state index in [1.165, 1.54) is 25.7 Å². The summed E-state index contributed by atoms with van der Waals surface area (Å²) < 4.78 is 0. The number of aliphatic hydroxyl groups is 1. The molecule has 1 saturated carbocycles. The van der Waals surface area contributed by atoms with Crippen LogP contribution in [0.5, 0.6) is 0 Å². The number of hydrogen-bond acceptors (Lipinski definition) is 2. The zero-order valence-electron chi connectivity index (χ0n) is 9.62. The van der Waals surface area contributed by atoms with Crippen molar-refractivity contribution in [1.29, 1.82) is 0 Å². The molecule has 0 spiro atoms. The Morgan fingerprint density at radius 1 is 1.38 bits per heavy atom. The van der Waals surface area contributed by atoms with Gasteiger partial charge in [0.15, 0.2) is 0 Å². The maximum Gasteiger partial charge on any atom is 0.0702 e. The lowest BCUT2D eigenvalue weighted by Crippen LogP contribution is -2.29. The Kier molecular flexibility index (Phi) is 3.72. The standard InChI is InChI=1S/C13H18ClNO/c1-15(12-4-2-3-5-12)13-8-11(14)7-6-10(13)9-16/h6-8,12,16H,2-5,9H2,1H3. The molecule has 1 fully saturated rings. The quantitative estimate of drug-likeness (QED) is 0.876. The fourth-order valence-electron chi connectivity index (χ4n) is 2.49. The summed E-state index contributed by atoms with van der Waals surface area (Å²) >= 11 is 6.02. The SMILES string of the molecule is CN(c1cc(Cl)ccc1CO)C1CCCC1. The van der Waals surface area contributed by atoms with Crippen LogP contribution < -0.4 is 4.90 Å². The van der Waals surface area contributed by atoms with Crippen molar-refractivity contribution in [2.75, 3.05) is 11.9 Å². The molecule has 1 aliphatic rings. The van der Waals surface area contributed by atoms with Crippen molar-refractivity contribution in [2.24, 2.45) is 0 Å². The minimum absolute atomic E-state index is 0.0730. The third-order valence-corrected chi connectivity index (χ3v) is 3.71. The molecule has 0 radical (unpaired) electrons. The van der Waals surface area contributed by atoms with E-state index >= 15 is 0 Å². The number of aliphatic hydroxyl groups excluding tert-OH is 1. The zero-order valence-corrected chi connectivity index (χ0v) is 10.4. The maximum atomic E-state index is 9.33. The van der Waals surface area contributed by atoms with Crippen LogP contribution in [0.3, 0.4) is 0 Å². The molecule has 0 amide bonds. The van der Waals surface area contributed by atoms with Gasteiger partial charge in [-0.3, -0.25) is 0 Å². The van der Waals surface area contributed by atoms with Crippen molar-refractivity contribution in [3.63, 3.8) is 0 Å². The van der Waals surface area contributed by atoms with Crippen LogP contribution in [-0.4, -0.2) is 18.2 Å². The summed E-state index contributed by atoms with van der Waals surface area (Å²) in [7, 11) is 2.10. The van der Waals surface area contributed by atoms with Gasteiger partial charge in [-0.05, 0) is 25.0 Å². The van der Waals surface area contributed by atoms with Gasteiger partial charge in [-0.25, -0.2) is 0 Å². The Bertz CT molecular complexity index is 361. The first-order chi connectivity index (χ1) is 7.72. The van der Waals surface area contributed by atoms with Crippen LogP contribution in [0, 0.1) is 0 Å². The number of nitrogens with zero attached hydrogens (tertiary/aromatic N) is 1. The first-order valence-corrected chi connectivity index (χ1v) is 6.22. The minimum Gasteiger partial charge on any atom is -0.392 e. The first kappa shape index (κ1) is 11.7. The van der Waals surface area contributed by atoms with Gasteiger partial charge in [0.1, 0.15) is 0 Å². The molecule has 3 heteroatoms. The Balaban J connectivity index is 2.26. The second-order valence-electron chi connectivity index (χ2n) is 4.48. The van der Waals surface area contributed by atoms with E-state index in [0.717, 1.165) is 16.3 Å². The van der Waals surface area contributed by atoms with E-state index in [1.807, 2.05) is 18.2 Å². The largest absolute Gasteiger partial charge is 0.392 e. The van der Waals surface area contributed by atoms with Gasteiger partial charge in [0, 0.05) is 29.4 Å². The van der Waals surface area contributed by atoms with Gasteiger partial charge in [0.2, 0.25) is 0 Å². The highest BCUT2D eigenvalue weighted by molar-refractivity contribution is 6.30. The van der Waals surface area contributed by atoms with Crippen LogP contribution in [0.15, 0.2) is 18.2 Å². The predicted octanol–water partition coefficient (Wildman–Crippen LogP) is 3.21. The molecule has 1 aliphatic carbocycles. The van der Waals surface area contributed by atoms with E-state index in [0.29, 0.717) is 6.04 Å². The van der Waals surface area contributed by atoms with Gasteiger partial charge in [-0.1, -0.05) is 30.5 Å². The van der Waals surface area contributed by atoms with Gasteiger partial charge in [0.25, 0.3) is 0 Å². The van der Waals surface area contributed by atoms with E-state index in [-0.39, 0.29) is 6.61 Å². The molecule has 1 aromatic rings. The second kappa shape index (κ2) is 5.07. The number of halogens is 1. The average Bonchev–Trinajstić information content (AvgIpc) is 2.81. The monoisotopic (exact) mass is 239 g/mol. The van der Waals surface area contributed by atoms with Crippen LogP contribution in [-0.2, 0) is 6.61 Å². The van der Waals surface area contributed by atoms with Gasteiger partial charge in [0.05, 0.1) is 6.61 Å². The van der Waals surface area contributed by atoms with Crippen LogP contribution in [0.2, 0.25) is 5.02 Å². The van der Waals surface area contributed by atoms with E-state index in [2.05, 4.69) is 11.9 Å². The average molecular weight is 240 g/mol. The smallest absolute Gasteiger partial charge is 0.0702 e. The van der Waals surface area contributed by atoms with Crippen molar-refractivity contribution >= 4 is 17.3 Å². The van der Waals surface area contributed by atoms with Crippen LogP contribution in [0.4, 0.5) is 5.69 Å². The molecule has 0 heterocycles. The molecule has 2 nitrogen and oxygen atoms in total. The van der Waals surface area contributed by atoms with Gasteiger partial charge < -0.3 is 10.0 Å². The Morgan fingerprint density at radius 3 is 2.69 bits per heavy atom.